The van der Waals surface area contributed by atoms with Crippen LogP contribution < -0.4 is 0 Å². The molecule has 1 unspecified atom stereocenters. The average molecular weight is 178 g/mol. The third-order valence-corrected chi connectivity index (χ3v) is 1.54. The molecule has 0 aromatic carbocycles. The first-order valence-electron chi connectivity index (χ1n) is 3.14. The number of hydrogen-bond donors (Lipinski definition) is 3. The topological polar surface area (TPSA) is 74.6 Å². The standard InChI is InChI=1S/C6H10O4S/c7-5(8)2-1-4(11)3-6(9)10/h4,11H,1-3H2,(H,7,8)(H,9,10). The summed E-state index contributed by atoms with van der Waals surface area (Å²) in [5, 5.41) is 16.1. The van der Waals surface area contributed by atoms with Crippen molar-refractivity contribution in [2.45, 2.75) is 24.5 Å². The maximum absolute atomic E-state index is 10.1. The van der Waals surface area contributed by atoms with Gasteiger partial charge < -0.3 is 10.2 Å². The van der Waals surface area contributed by atoms with Crippen molar-refractivity contribution in [1.82, 2.24) is 0 Å². The molecule has 0 aromatic rings. The number of carboxylic acid groups (broad SMARTS) is 2. The Bertz CT molecular complexity index is 157. The van der Waals surface area contributed by atoms with Crippen molar-refractivity contribution in [3.05, 3.63) is 0 Å². The van der Waals surface area contributed by atoms with Crippen LogP contribution in [0.5, 0.6) is 0 Å². The van der Waals surface area contributed by atoms with Gasteiger partial charge in [-0.25, -0.2) is 0 Å². The van der Waals surface area contributed by atoms with Crippen LogP contribution in [0.15, 0.2) is 0 Å². The normalized spacial score (nSPS) is 12.5. The van der Waals surface area contributed by atoms with Gasteiger partial charge in [-0.15, -0.1) is 0 Å². The zero-order valence-corrected chi connectivity index (χ0v) is 6.75. The molecule has 0 saturated carbocycles. The van der Waals surface area contributed by atoms with Gasteiger partial charge in [0.25, 0.3) is 0 Å². The minimum atomic E-state index is -0.949. The Balaban J connectivity index is 3.44. The quantitative estimate of drug-likeness (QED) is 0.539. The first kappa shape index (κ1) is 10.3. The summed E-state index contributed by atoms with van der Waals surface area (Å²) in [4.78, 5) is 20.1. The Morgan fingerprint density at radius 2 is 1.82 bits per heavy atom. The lowest BCUT2D eigenvalue weighted by Gasteiger charge is -2.03. The zero-order valence-electron chi connectivity index (χ0n) is 5.86. The first-order chi connectivity index (χ1) is 5.02. The van der Waals surface area contributed by atoms with Crippen molar-refractivity contribution in [2.75, 3.05) is 0 Å². The fourth-order valence-corrected chi connectivity index (χ4v) is 0.879. The molecule has 0 amide bonds. The molecule has 0 radical (unpaired) electrons. The Hall–Kier alpha value is -0.710. The lowest BCUT2D eigenvalue weighted by atomic mass is 10.2. The van der Waals surface area contributed by atoms with Gasteiger partial charge in [-0.05, 0) is 6.42 Å². The highest BCUT2D eigenvalue weighted by Gasteiger charge is 2.09. The van der Waals surface area contributed by atoms with Crippen molar-refractivity contribution in [3.8, 4) is 0 Å². The summed E-state index contributed by atoms with van der Waals surface area (Å²) in [5.41, 5.74) is 0. The molecule has 0 spiro atoms. The number of aliphatic carboxylic acids is 2. The molecule has 64 valence electrons. The molecule has 5 heteroatoms. The highest BCUT2D eigenvalue weighted by Crippen LogP contribution is 2.08. The molecular weight excluding hydrogens is 168 g/mol. The fraction of sp³-hybridized carbons (Fsp3) is 0.667. The van der Waals surface area contributed by atoms with E-state index in [2.05, 4.69) is 12.6 Å². The van der Waals surface area contributed by atoms with Crippen LogP contribution in [0.4, 0.5) is 0 Å². The Labute approximate surface area is 69.6 Å². The number of carboxylic acids is 2. The van der Waals surface area contributed by atoms with Gasteiger partial charge in [0.15, 0.2) is 0 Å². The maximum atomic E-state index is 10.1. The predicted octanol–water partition coefficient (Wildman–Crippen LogP) is 0.624. The third-order valence-electron chi connectivity index (χ3n) is 1.10. The van der Waals surface area contributed by atoms with Gasteiger partial charge in [-0.3, -0.25) is 9.59 Å². The minimum absolute atomic E-state index is 0.0263. The molecule has 4 nitrogen and oxygen atoms in total. The Morgan fingerprint density at radius 3 is 2.18 bits per heavy atom. The Kier molecular flexibility index (Phi) is 4.69. The lowest BCUT2D eigenvalue weighted by molar-refractivity contribution is -0.139. The second kappa shape index (κ2) is 5.01. The van der Waals surface area contributed by atoms with Gasteiger partial charge in [0.1, 0.15) is 0 Å². The van der Waals surface area contributed by atoms with Crippen molar-refractivity contribution in [3.63, 3.8) is 0 Å². The van der Waals surface area contributed by atoms with Crippen LogP contribution in [0.2, 0.25) is 0 Å². The molecule has 0 aromatic heterocycles. The largest absolute Gasteiger partial charge is 0.481 e. The molecule has 0 rings (SSSR count). The van der Waals surface area contributed by atoms with Crippen molar-refractivity contribution >= 4 is 24.6 Å². The van der Waals surface area contributed by atoms with Gasteiger partial charge >= 0.3 is 11.9 Å². The van der Waals surface area contributed by atoms with Crippen LogP contribution in [0.3, 0.4) is 0 Å². The number of carbonyl (C=O) groups is 2. The summed E-state index contributed by atoms with van der Waals surface area (Å²) < 4.78 is 0. The predicted molar refractivity (Wildman–Crippen MR) is 41.9 cm³/mol. The van der Waals surface area contributed by atoms with Gasteiger partial charge in [-0.2, -0.15) is 12.6 Å². The van der Waals surface area contributed by atoms with E-state index < -0.39 is 11.9 Å². The SMILES string of the molecule is O=C(O)CCC(S)CC(=O)O. The van der Waals surface area contributed by atoms with Crippen LogP contribution in [0.25, 0.3) is 0 Å². The molecule has 0 saturated heterocycles. The lowest BCUT2D eigenvalue weighted by Crippen LogP contribution is -2.09. The summed E-state index contributed by atoms with van der Waals surface area (Å²) in [6, 6.07) is 0. The van der Waals surface area contributed by atoms with Crippen LogP contribution in [0.1, 0.15) is 19.3 Å². The number of rotatable bonds is 5. The smallest absolute Gasteiger partial charge is 0.304 e. The van der Waals surface area contributed by atoms with Crippen LogP contribution in [0, 0.1) is 0 Å². The van der Waals surface area contributed by atoms with Gasteiger partial charge in [-0.1, -0.05) is 0 Å². The van der Waals surface area contributed by atoms with E-state index in [-0.39, 0.29) is 18.1 Å². The van der Waals surface area contributed by atoms with Crippen molar-refractivity contribution < 1.29 is 19.8 Å². The van der Waals surface area contributed by atoms with Crippen LogP contribution >= 0.6 is 12.6 Å². The molecule has 11 heavy (non-hydrogen) atoms. The molecule has 0 heterocycles. The molecule has 0 aliphatic heterocycles. The number of hydrogen-bond acceptors (Lipinski definition) is 3. The van der Waals surface area contributed by atoms with E-state index in [0.29, 0.717) is 6.42 Å². The monoisotopic (exact) mass is 178 g/mol. The van der Waals surface area contributed by atoms with E-state index in [1.54, 1.807) is 0 Å². The van der Waals surface area contributed by atoms with Crippen molar-refractivity contribution in [2.24, 2.45) is 0 Å². The van der Waals surface area contributed by atoms with Crippen LogP contribution in [-0.2, 0) is 9.59 Å². The molecule has 0 aliphatic carbocycles. The van der Waals surface area contributed by atoms with Gasteiger partial charge in [0, 0.05) is 11.7 Å². The Morgan fingerprint density at radius 1 is 1.27 bits per heavy atom. The summed E-state index contributed by atoms with van der Waals surface area (Å²) in [7, 11) is 0. The molecule has 0 aliphatic rings. The summed E-state index contributed by atoms with van der Waals surface area (Å²) in [6.07, 6.45) is 0.183. The summed E-state index contributed by atoms with van der Waals surface area (Å²) >= 11 is 3.90. The second-order valence-electron chi connectivity index (χ2n) is 2.18. The van der Waals surface area contributed by atoms with E-state index in [1.807, 2.05) is 0 Å². The highest BCUT2D eigenvalue weighted by atomic mass is 32.1. The molecule has 0 bridgehead atoms. The fourth-order valence-electron chi connectivity index (χ4n) is 0.594. The minimum Gasteiger partial charge on any atom is -0.481 e. The van der Waals surface area contributed by atoms with E-state index in [0.717, 1.165) is 0 Å². The van der Waals surface area contributed by atoms with Gasteiger partial charge in [0.2, 0.25) is 0 Å². The molecule has 2 N–H and O–H groups in total. The van der Waals surface area contributed by atoms with E-state index in [9.17, 15) is 9.59 Å². The maximum Gasteiger partial charge on any atom is 0.304 e. The molecule has 1 atom stereocenters. The van der Waals surface area contributed by atoms with Gasteiger partial charge in [0.05, 0.1) is 6.42 Å². The van der Waals surface area contributed by atoms with Crippen molar-refractivity contribution in [1.29, 1.82) is 0 Å². The average Bonchev–Trinajstić information content (AvgIpc) is 1.82. The summed E-state index contributed by atoms with van der Waals surface area (Å²) in [5.74, 6) is -1.87. The third kappa shape index (κ3) is 7.18. The molecular formula is C6H10O4S. The number of thiol groups is 1. The highest BCUT2D eigenvalue weighted by molar-refractivity contribution is 7.81. The molecule has 0 fully saturated rings. The second-order valence-corrected chi connectivity index (χ2v) is 2.91. The van der Waals surface area contributed by atoms with Crippen LogP contribution in [-0.4, -0.2) is 27.4 Å². The zero-order chi connectivity index (χ0) is 8.85. The first-order valence-corrected chi connectivity index (χ1v) is 3.65. The van der Waals surface area contributed by atoms with E-state index in [4.69, 9.17) is 10.2 Å². The van der Waals surface area contributed by atoms with E-state index >= 15 is 0 Å². The summed E-state index contributed by atoms with van der Waals surface area (Å²) in [6.45, 7) is 0. The van der Waals surface area contributed by atoms with E-state index in [1.165, 1.54) is 0 Å².